The highest BCUT2D eigenvalue weighted by Gasteiger charge is 2.08. The average Bonchev–Trinajstić information content (AvgIpc) is 2.47. The number of ether oxygens (including phenoxy) is 1. The molecule has 21 heavy (non-hydrogen) atoms. The maximum absolute atomic E-state index is 5.19. The topological polar surface area (TPSA) is 47.0 Å². The Hall–Kier alpha value is -1.94. The number of benzene rings is 1. The third kappa shape index (κ3) is 4.26. The van der Waals surface area contributed by atoms with E-state index in [1.807, 2.05) is 31.3 Å². The number of hydrogen-bond acceptors (Lipinski definition) is 4. The Labute approximate surface area is 126 Å². The molecule has 0 bridgehead atoms. The zero-order valence-corrected chi connectivity index (χ0v) is 13.2. The second-order valence-electron chi connectivity index (χ2n) is 5.55. The molecule has 0 aliphatic heterocycles. The summed E-state index contributed by atoms with van der Waals surface area (Å²) in [5.41, 5.74) is 3.21. The molecule has 0 fully saturated rings. The smallest absolute Gasteiger partial charge is 0.161 e. The molecule has 1 heterocycles. The SMILES string of the molecule is CNc1cc(CC(C)C)nc(-c2cccc(COC)c2)n1. The van der Waals surface area contributed by atoms with Crippen LogP contribution < -0.4 is 5.32 Å². The van der Waals surface area contributed by atoms with Crippen molar-refractivity contribution in [3.8, 4) is 11.4 Å². The highest BCUT2D eigenvalue weighted by atomic mass is 16.5. The molecule has 0 amide bonds. The number of aromatic nitrogens is 2. The Bertz CT molecular complexity index is 596. The Morgan fingerprint density at radius 2 is 2.00 bits per heavy atom. The largest absolute Gasteiger partial charge is 0.380 e. The van der Waals surface area contributed by atoms with E-state index in [9.17, 15) is 0 Å². The molecule has 0 unspecified atom stereocenters. The lowest BCUT2D eigenvalue weighted by Crippen LogP contribution is -2.04. The molecule has 4 nitrogen and oxygen atoms in total. The van der Waals surface area contributed by atoms with Crippen LogP contribution in [0.5, 0.6) is 0 Å². The van der Waals surface area contributed by atoms with Crippen LogP contribution in [0.2, 0.25) is 0 Å². The van der Waals surface area contributed by atoms with Gasteiger partial charge < -0.3 is 10.1 Å². The molecular formula is C17H23N3O. The van der Waals surface area contributed by atoms with E-state index in [1.165, 1.54) is 0 Å². The van der Waals surface area contributed by atoms with E-state index >= 15 is 0 Å². The second kappa shape index (κ2) is 7.18. The van der Waals surface area contributed by atoms with Gasteiger partial charge in [-0.1, -0.05) is 32.0 Å². The van der Waals surface area contributed by atoms with Crippen LogP contribution in [0.3, 0.4) is 0 Å². The van der Waals surface area contributed by atoms with Crippen LogP contribution >= 0.6 is 0 Å². The summed E-state index contributed by atoms with van der Waals surface area (Å²) in [5.74, 6) is 2.18. The van der Waals surface area contributed by atoms with Gasteiger partial charge in [0.05, 0.1) is 6.61 Å². The normalized spacial score (nSPS) is 10.9. The zero-order valence-electron chi connectivity index (χ0n) is 13.2. The van der Waals surface area contributed by atoms with Gasteiger partial charge in [-0.3, -0.25) is 0 Å². The predicted molar refractivity (Wildman–Crippen MR) is 86.3 cm³/mol. The fourth-order valence-corrected chi connectivity index (χ4v) is 2.24. The minimum absolute atomic E-state index is 0.567. The second-order valence-corrected chi connectivity index (χ2v) is 5.55. The van der Waals surface area contributed by atoms with Gasteiger partial charge in [0, 0.05) is 31.5 Å². The first-order valence-electron chi connectivity index (χ1n) is 7.26. The summed E-state index contributed by atoms with van der Waals surface area (Å²) in [4.78, 5) is 9.27. The molecule has 1 aromatic heterocycles. The first kappa shape index (κ1) is 15.4. The van der Waals surface area contributed by atoms with Crippen LogP contribution in [0.4, 0.5) is 5.82 Å². The maximum Gasteiger partial charge on any atom is 0.161 e. The van der Waals surface area contributed by atoms with Crippen LogP contribution in [0.1, 0.15) is 25.1 Å². The van der Waals surface area contributed by atoms with Crippen molar-refractivity contribution in [3.63, 3.8) is 0 Å². The van der Waals surface area contributed by atoms with Gasteiger partial charge in [-0.25, -0.2) is 9.97 Å². The van der Waals surface area contributed by atoms with E-state index in [0.717, 1.165) is 34.9 Å². The molecule has 0 aliphatic rings. The Balaban J connectivity index is 2.39. The minimum Gasteiger partial charge on any atom is -0.380 e. The van der Waals surface area contributed by atoms with Crippen LogP contribution in [-0.2, 0) is 17.8 Å². The van der Waals surface area contributed by atoms with E-state index in [1.54, 1.807) is 7.11 Å². The molecule has 0 aliphatic carbocycles. The lowest BCUT2D eigenvalue weighted by molar-refractivity contribution is 0.185. The van der Waals surface area contributed by atoms with Crippen LogP contribution in [0.25, 0.3) is 11.4 Å². The van der Waals surface area contributed by atoms with E-state index in [4.69, 9.17) is 9.72 Å². The summed E-state index contributed by atoms with van der Waals surface area (Å²) in [6, 6.07) is 10.2. The molecule has 112 valence electrons. The Kier molecular flexibility index (Phi) is 5.28. The van der Waals surface area contributed by atoms with Gasteiger partial charge in [0.15, 0.2) is 5.82 Å². The molecule has 4 heteroatoms. The number of rotatable bonds is 6. The van der Waals surface area contributed by atoms with Crippen LogP contribution in [0.15, 0.2) is 30.3 Å². The van der Waals surface area contributed by atoms with Crippen molar-refractivity contribution in [1.29, 1.82) is 0 Å². The van der Waals surface area contributed by atoms with Gasteiger partial charge in [0.1, 0.15) is 5.82 Å². The average molecular weight is 285 g/mol. The summed E-state index contributed by atoms with van der Waals surface area (Å²) in [6.45, 7) is 4.98. The predicted octanol–water partition coefficient (Wildman–Crippen LogP) is 3.53. The van der Waals surface area contributed by atoms with Gasteiger partial charge in [-0.2, -0.15) is 0 Å². The van der Waals surface area contributed by atoms with Gasteiger partial charge in [-0.05, 0) is 24.0 Å². The molecule has 0 saturated heterocycles. The summed E-state index contributed by atoms with van der Waals surface area (Å²) in [6.07, 6.45) is 0.946. The molecule has 2 rings (SSSR count). The summed E-state index contributed by atoms with van der Waals surface area (Å²) >= 11 is 0. The number of nitrogens with zero attached hydrogens (tertiary/aromatic N) is 2. The molecule has 2 aromatic rings. The lowest BCUT2D eigenvalue weighted by Gasteiger charge is -2.10. The zero-order chi connectivity index (χ0) is 15.2. The summed E-state index contributed by atoms with van der Waals surface area (Å²) < 4.78 is 5.19. The van der Waals surface area contributed by atoms with Crippen molar-refractivity contribution >= 4 is 5.82 Å². The van der Waals surface area contributed by atoms with E-state index in [0.29, 0.717) is 12.5 Å². The lowest BCUT2D eigenvalue weighted by atomic mass is 10.1. The number of nitrogens with one attached hydrogen (secondary N) is 1. The Morgan fingerprint density at radius 1 is 1.19 bits per heavy atom. The van der Waals surface area contributed by atoms with Gasteiger partial charge in [-0.15, -0.1) is 0 Å². The third-order valence-corrected chi connectivity index (χ3v) is 3.15. The van der Waals surface area contributed by atoms with Gasteiger partial charge in [0.25, 0.3) is 0 Å². The highest BCUT2D eigenvalue weighted by Crippen LogP contribution is 2.20. The molecule has 0 atom stereocenters. The highest BCUT2D eigenvalue weighted by molar-refractivity contribution is 5.58. The van der Waals surface area contributed by atoms with Gasteiger partial charge in [0.2, 0.25) is 0 Å². The maximum atomic E-state index is 5.19. The van der Waals surface area contributed by atoms with Crippen molar-refractivity contribution < 1.29 is 4.74 Å². The molecule has 1 aromatic carbocycles. The number of anilines is 1. The number of methoxy groups -OCH3 is 1. The summed E-state index contributed by atoms with van der Waals surface area (Å²) in [5, 5.41) is 3.11. The van der Waals surface area contributed by atoms with Crippen molar-refractivity contribution in [2.45, 2.75) is 26.9 Å². The first-order chi connectivity index (χ1) is 10.1. The van der Waals surface area contributed by atoms with E-state index in [2.05, 4.69) is 30.2 Å². The van der Waals surface area contributed by atoms with Crippen molar-refractivity contribution in [2.75, 3.05) is 19.5 Å². The molecule has 0 saturated carbocycles. The molecular weight excluding hydrogens is 262 g/mol. The van der Waals surface area contributed by atoms with Crippen molar-refractivity contribution in [2.24, 2.45) is 5.92 Å². The fraction of sp³-hybridized carbons (Fsp3) is 0.412. The van der Waals surface area contributed by atoms with Crippen molar-refractivity contribution in [3.05, 3.63) is 41.6 Å². The standard InChI is InChI=1S/C17H23N3O/c1-12(2)8-15-10-16(18-3)20-17(19-15)14-7-5-6-13(9-14)11-21-4/h5-7,9-10,12H,8,11H2,1-4H3,(H,18,19,20). The minimum atomic E-state index is 0.567. The molecule has 0 spiro atoms. The van der Waals surface area contributed by atoms with E-state index < -0.39 is 0 Å². The first-order valence-corrected chi connectivity index (χ1v) is 7.26. The molecule has 0 radical (unpaired) electrons. The number of hydrogen-bond donors (Lipinski definition) is 1. The van der Waals surface area contributed by atoms with Crippen LogP contribution in [-0.4, -0.2) is 24.1 Å². The Morgan fingerprint density at radius 3 is 2.67 bits per heavy atom. The van der Waals surface area contributed by atoms with Gasteiger partial charge >= 0.3 is 0 Å². The van der Waals surface area contributed by atoms with Crippen molar-refractivity contribution in [1.82, 2.24) is 9.97 Å². The quantitative estimate of drug-likeness (QED) is 0.882. The third-order valence-electron chi connectivity index (χ3n) is 3.15. The molecule has 1 N–H and O–H groups in total. The summed E-state index contributed by atoms with van der Waals surface area (Å²) in [7, 11) is 3.58. The van der Waals surface area contributed by atoms with E-state index in [-0.39, 0.29) is 0 Å². The monoisotopic (exact) mass is 285 g/mol. The van der Waals surface area contributed by atoms with Crippen LogP contribution in [0, 0.1) is 5.92 Å². The fourth-order valence-electron chi connectivity index (χ4n) is 2.24.